The third kappa shape index (κ3) is 3.04. The Hall–Kier alpha value is -2.49. The second-order valence-electron chi connectivity index (χ2n) is 4.16. The number of aryl methyl sites for hydroxylation is 1. The third-order valence-corrected chi connectivity index (χ3v) is 2.77. The van der Waals surface area contributed by atoms with Crippen LogP contribution in [0.4, 0.5) is 4.39 Å². The lowest BCUT2D eigenvalue weighted by molar-refractivity contribution is -0.374. The van der Waals surface area contributed by atoms with Gasteiger partial charge in [-0.05, 0) is 36.2 Å². The SMILES string of the molecule is Cc1ccc(C=C(c2ccccc2)[N+](=O)[O-])cc1F. The van der Waals surface area contributed by atoms with E-state index in [9.17, 15) is 14.5 Å². The smallest absolute Gasteiger partial charge is 0.258 e. The Morgan fingerprint density at radius 2 is 1.89 bits per heavy atom. The van der Waals surface area contributed by atoms with E-state index in [1.54, 1.807) is 49.4 Å². The highest BCUT2D eigenvalue weighted by molar-refractivity contribution is 5.76. The molecule has 2 aromatic rings. The van der Waals surface area contributed by atoms with Crippen molar-refractivity contribution in [1.29, 1.82) is 0 Å². The lowest BCUT2D eigenvalue weighted by Gasteiger charge is -2.01. The molecule has 2 rings (SSSR count). The molecule has 4 heteroatoms. The van der Waals surface area contributed by atoms with Crippen molar-refractivity contribution in [1.82, 2.24) is 0 Å². The van der Waals surface area contributed by atoms with Crippen molar-refractivity contribution in [3.63, 3.8) is 0 Å². The summed E-state index contributed by atoms with van der Waals surface area (Å²) in [5, 5.41) is 11.1. The number of benzene rings is 2. The van der Waals surface area contributed by atoms with Crippen LogP contribution in [0, 0.1) is 22.9 Å². The molecule has 3 nitrogen and oxygen atoms in total. The van der Waals surface area contributed by atoms with E-state index in [2.05, 4.69) is 0 Å². The Kier molecular flexibility index (Phi) is 3.71. The van der Waals surface area contributed by atoms with Crippen LogP contribution in [0.15, 0.2) is 48.5 Å². The first-order valence-corrected chi connectivity index (χ1v) is 5.75. The van der Waals surface area contributed by atoms with Gasteiger partial charge in [-0.2, -0.15) is 0 Å². The third-order valence-electron chi connectivity index (χ3n) is 2.77. The molecular formula is C15H12FNO2. The minimum absolute atomic E-state index is 0.0520. The predicted octanol–water partition coefficient (Wildman–Crippen LogP) is 3.91. The minimum atomic E-state index is -0.465. The van der Waals surface area contributed by atoms with Crippen molar-refractivity contribution in [3.05, 3.63) is 81.2 Å². The van der Waals surface area contributed by atoms with Gasteiger partial charge in [-0.3, -0.25) is 10.1 Å². The monoisotopic (exact) mass is 257 g/mol. The zero-order valence-electron chi connectivity index (χ0n) is 10.3. The van der Waals surface area contributed by atoms with Gasteiger partial charge in [0.05, 0.1) is 10.5 Å². The quantitative estimate of drug-likeness (QED) is 0.475. The average molecular weight is 257 g/mol. The Morgan fingerprint density at radius 3 is 2.47 bits per heavy atom. The van der Waals surface area contributed by atoms with Crippen LogP contribution in [0.2, 0.25) is 0 Å². The highest BCUT2D eigenvalue weighted by Gasteiger charge is 2.13. The molecule has 2 aromatic carbocycles. The Morgan fingerprint density at radius 1 is 1.21 bits per heavy atom. The lowest BCUT2D eigenvalue weighted by Crippen LogP contribution is -1.97. The zero-order valence-corrected chi connectivity index (χ0v) is 10.3. The maximum absolute atomic E-state index is 13.4. The average Bonchev–Trinajstić information content (AvgIpc) is 2.40. The van der Waals surface area contributed by atoms with E-state index < -0.39 is 4.92 Å². The fraction of sp³-hybridized carbons (Fsp3) is 0.0667. The van der Waals surface area contributed by atoms with Gasteiger partial charge in [-0.25, -0.2) is 4.39 Å². The first-order chi connectivity index (χ1) is 9.08. The van der Waals surface area contributed by atoms with E-state index >= 15 is 0 Å². The molecule has 0 aliphatic heterocycles. The first-order valence-electron chi connectivity index (χ1n) is 5.75. The molecule has 0 N–H and O–H groups in total. The zero-order chi connectivity index (χ0) is 13.8. The van der Waals surface area contributed by atoms with E-state index in [4.69, 9.17) is 0 Å². The molecule has 96 valence electrons. The van der Waals surface area contributed by atoms with Crippen LogP contribution in [0.25, 0.3) is 11.8 Å². The van der Waals surface area contributed by atoms with Gasteiger partial charge in [-0.1, -0.05) is 30.3 Å². The van der Waals surface area contributed by atoms with Crippen molar-refractivity contribution < 1.29 is 9.31 Å². The van der Waals surface area contributed by atoms with E-state index in [1.165, 1.54) is 12.1 Å². The molecule has 0 spiro atoms. The molecule has 0 amide bonds. The molecule has 0 atom stereocenters. The molecule has 0 heterocycles. The summed E-state index contributed by atoms with van der Waals surface area (Å²) < 4.78 is 13.4. The van der Waals surface area contributed by atoms with Gasteiger partial charge >= 0.3 is 0 Å². The lowest BCUT2D eigenvalue weighted by atomic mass is 10.1. The number of nitro groups is 1. The number of hydrogen-bond acceptors (Lipinski definition) is 2. The van der Waals surface area contributed by atoms with Crippen LogP contribution in [-0.2, 0) is 0 Å². The Labute approximate surface area is 110 Å². The van der Waals surface area contributed by atoms with Crippen LogP contribution < -0.4 is 0 Å². The van der Waals surface area contributed by atoms with Crippen LogP contribution in [0.5, 0.6) is 0 Å². The van der Waals surface area contributed by atoms with Crippen molar-refractivity contribution in [2.45, 2.75) is 6.92 Å². The Bertz CT molecular complexity index is 636. The van der Waals surface area contributed by atoms with Gasteiger partial charge in [0, 0.05) is 6.08 Å². The number of hydrogen-bond donors (Lipinski definition) is 0. The maximum Gasteiger partial charge on any atom is 0.277 e. The predicted molar refractivity (Wildman–Crippen MR) is 72.4 cm³/mol. The molecule has 0 bridgehead atoms. The molecule has 0 unspecified atom stereocenters. The second-order valence-corrected chi connectivity index (χ2v) is 4.16. The van der Waals surface area contributed by atoms with Crippen molar-refractivity contribution >= 4 is 11.8 Å². The molecule has 0 aliphatic rings. The van der Waals surface area contributed by atoms with Crippen LogP contribution in [0.3, 0.4) is 0 Å². The number of halogens is 1. The summed E-state index contributed by atoms with van der Waals surface area (Å²) in [5.41, 5.74) is 1.43. The summed E-state index contributed by atoms with van der Waals surface area (Å²) in [6, 6.07) is 13.1. The van der Waals surface area contributed by atoms with Gasteiger partial charge in [0.15, 0.2) is 0 Å². The largest absolute Gasteiger partial charge is 0.277 e. The fourth-order valence-electron chi connectivity index (χ4n) is 1.71. The summed E-state index contributed by atoms with van der Waals surface area (Å²) in [6.07, 6.45) is 1.37. The van der Waals surface area contributed by atoms with Gasteiger partial charge in [0.1, 0.15) is 5.82 Å². The molecular weight excluding hydrogens is 245 g/mol. The normalized spacial score (nSPS) is 11.4. The standard InChI is InChI=1S/C15H12FNO2/c1-11-7-8-12(9-14(11)16)10-15(17(18)19)13-5-3-2-4-6-13/h2-10H,1H3. The highest BCUT2D eigenvalue weighted by atomic mass is 19.1. The molecule has 19 heavy (non-hydrogen) atoms. The number of nitrogens with zero attached hydrogens (tertiary/aromatic N) is 1. The summed E-state index contributed by atoms with van der Waals surface area (Å²) in [7, 11) is 0. The first kappa shape index (κ1) is 13.0. The van der Waals surface area contributed by atoms with Crippen molar-refractivity contribution in [2.75, 3.05) is 0 Å². The van der Waals surface area contributed by atoms with Crippen molar-refractivity contribution in [2.24, 2.45) is 0 Å². The van der Waals surface area contributed by atoms with E-state index in [-0.39, 0.29) is 11.5 Å². The molecule has 0 fully saturated rings. The van der Waals surface area contributed by atoms with Gasteiger partial charge in [0.25, 0.3) is 5.70 Å². The maximum atomic E-state index is 13.4. The molecule has 0 aromatic heterocycles. The molecule has 0 saturated heterocycles. The van der Waals surface area contributed by atoms with Crippen LogP contribution >= 0.6 is 0 Å². The summed E-state index contributed by atoms with van der Waals surface area (Å²) in [5.74, 6) is -0.371. The van der Waals surface area contributed by atoms with E-state index in [0.717, 1.165) is 0 Å². The van der Waals surface area contributed by atoms with E-state index in [0.29, 0.717) is 16.7 Å². The summed E-state index contributed by atoms with van der Waals surface area (Å²) in [4.78, 5) is 10.6. The summed E-state index contributed by atoms with van der Waals surface area (Å²) >= 11 is 0. The van der Waals surface area contributed by atoms with Crippen molar-refractivity contribution in [3.8, 4) is 0 Å². The van der Waals surface area contributed by atoms with Gasteiger partial charge in [0.2, 0.25) is 0 Å². The van der Waals surface area contributed by atoms with E-state index in [1.807, 2.05) is 0 Å². The highest BCUT2D eigenvalue weighted by Crippen LogP contribution is 2.20. The van der Waals surface area contributed by atoms with Crippen LogP contribution in [0.1, 0.15) is 16.7 Å². The molecule has 0 saturated carbocycles. The van der Waals surface area contributed by atoms with Gasteiger partial charge < -0.3 is 0 Å². The second kappa shape index (κ2) is 5.44. The topological polar surface area (TPSA) is 43.1 Å². The molecule has 0 aliphatic carbocycles. The summed E-state index contributed by atoms with van der Waals surface area (Å²) in [6.45, 7) is 1.65. The Balaban J connectivity index is 2.47. The van der Waals surface area contributed by atoms with Crippen LogP contribution in [-0.4, -0.2) is 4.92 Å². The fourth-order valence-corrected chi connectivity index (χ4v) is 1.71. The van der Waals surface area contributed by atoms with Gasteiger partial charge in [-0.15, -0.1) is 0 Å². The molecule has 0 radical (unpaired) electrons. The minimum Gasteiger partial charge on any atom is -0.258 e. The number of rotatable bonds is 3.